The third-order valence-corrected chi connectivity index (χ3v) is 4.94. The topological polar surface area (TPSA) is 65.8 Å². The van der Waals surface area contributed by atoms with E-state index >= 15 is 0 Å². The van der Waals surface area contributed by atoms with E-state index in [9.17, 15) is 10.1 Å². The molecule has 1 aliphatic rings. The largest absolute Gasteiger partial charge is 0.297 e. The first kappa shape index (κ1) is 15.7. The fourth-order valence-corrected chi connectivity index (χ4v) is 3.62. The van der Waals surface area contributed by atoms with Crippen LogP contribution < -0.4 is 5.32 Å². The number of thiazole rings is 1. The second kappa shape index (κ2) is 6.95. The van der Waals surface area contributed by atoms with E-state index < -0.39 is 5.91 Å². The van der Waals surface area contributed by atoms with Gasteiger partial charge < -0.3 is 0 Å². The number of rotatable bonds is 3. The molecule has 0 spiro atoms. The smallest absolute Gasteiger partial charge is 0.268 e. The van der Waals surface area contributed by atoms with Crippen LogP contribution in [0.5, 0.6) is 0 Å². The summed E-state index contributed by atoms with van der Waals surface area (Å²) < 4.78 is 0. The lowest BCUT2D eigenvalue weighted by molar-refractivity contribution is -0.112. The number of fused-ring (bicyclic) bond motifs is 1. The SMILES string of the molecule is N#C/C(=C\c1ccc(Cl)cc1)C(=O)Nc1nc2c(s1)CCCC2. The molecule has 0 fully saturated rings. The lowest BCUT2D eigenvalue weighted by Crippen LogP contribution is -2.13. The molecule has 4 nitrogen and oxygen atoms in total. The van der Waals surface area contributed by atoms with Crippen molar-refractivity contribution >= 4 is 40.1 Å². The number of carbonyl (C=O) groups is 1. The summed E-state index contributed by atoms with van der Waals surface area (Å²) in [6, 6.07) is 8.89. The first-order valence-corrected chi connectivity index (χ1v) is 8.52. The highest BCUT2D eigenvalue weighted by Gasteiger charge is 2.17. The second-order valence-corrected chi connectivity index (χ2v) is 6.79. The van der Waals surface area contributed by atoms with Crippen LogP contribution >= 0.6 is 22.9 Å². The molecule has 1 N–H and O–H groups in total. The minimum absolute atomic E-state index is 0.0421. The van der Waals surface area contributed by atoms with Crippen molar-refractivity contribution in [1.29, 1.82) is 5.26 Å². The summed E-state index contributed by atoms with van der Waals surface area (Å²) in [7, 11) is 0. The zero-order chi connectivity index (χ0) is 16.2. The summed E-state index contributed by atoms with van der Waals surface area (Å²) in [5.74, 6) is -0.437. The molecule has 0 saturated heterocycles. The molecular formula is C17H14ClN3OS. The summed E-state index contributed by atoms with van der Waals surface area (Å²) in [5.41, 5.74) is 1.87. The number of hydrogen-bond acceptors (Lipinski definition) is 4. The number of aromatic nitrogens is 1. The van der Waals surface area contributed by atoms with Crippen molar-refractivity contribution in [2.45, 2.75) is 25.7 Å². The van der Waals surface area contributed by atoms with E-state index in [1.165, 1.54) is 22.6 Å². The first-order chi connectivity index (χ1) is 11.2. The monoisotopic (exact) mass is 343 g/mol. The van der Waals surface area contributed by atoms with Gasteiger partial charge in [0.2, 0.25) is 0 Å². The van der Waals surface area contributed by atoms with E-state index in [0.717, 1.165) is 30.5 Å². The summed E-state index contributed by atoms with van der Waals surface area (Å²) in [4.78, 5) is 18.0. The van der Waals surface area contributed by atoms with E-state index in [4.69, 9.17) is 11.6 Å². The van der Waals surface area contributed by atoms with Gasteiger partial charge in [0.05, 0.1) is 5.69 Å². The minimum atomic E-state index is -0.437. The van der Waals surface area contributed by atoms with Gasteiger partial charge in [0.25, 0.3) is 5.91 Å². The number of nitriles is 1. The molecule has 1 amide bonds. The maximum atomic E-state index is 12.3. The van der Waals surface area contributed by atoms with E-state index in [0.29, 0.717) is 10.2 Å². The van der Waals surface area contributed by atoms with Crippen molar-refractivity contribution in [3.8, 4) is 6.07 Å². The number of amides is 1. The molecule has 6 heteroatoms. The average Bonchev–Trinajstić information content (AvgIpc) is 2.96. The van der Waals surface area contributed by atoms with Crippen LogP contribution in [0.15, 0.2) is 29.8 Å². The molecule has 0 radical (unpaired) electrons. The van der Waals surface area contributed by atoms with Crippen molar-refractivity contribution in [2.75, 3.05) is 5.32 Å². The molecule has 1 aromatic carbocycles. The van der Waals surface area contributed by atoms with Crippen LogP contribution in [0.3, 0.4) is 0 Å². The molecule has 2 aromatic rings. The average molecular weight is 344 g/mol. The van der Waals surface area contributed by atoms with Gasteiger partial charge in [-0.3, -0.25) is 10.1 Å². The molecule has 1 heterocycles. The van der Waals surface area contributed by atoms with Gasteiger partial charge in [-0.25, -0.2) is 4.98 Å². The van der Waals surface area contributed by atoms with Crippen LogP contribution in [-0.4, -0.2) is 10.9 Å². The second-order valence-electron chi connectivity index (χ2n) is 5.27. The van der Waals surface area contributed by atoms with Crippen molar-refractivity contribution in [1.82, 2.24) is 4.98 Å². The number of halogens is 1. The van der Waals surface area contributed by atoms with Gasteiger partial charge in [0.1, 0.15) is 11.6 Å². The molecule has 0 atom stereocenters. The number of carbonyl (C=O) groups excluding carboxylic acids is 1. The van der Waals surface area contributed by atoms with Crippen molar-refractivity contribution < 1.29 is 4.79 Å². The summed E-state index contributed by atoms with van der Waals surface area (Å²) >= 11 is 7.33. The predicted octanol–water partition coefficient (Wildman–Crippen LogP) is 4.22. The number of aryl methyl sites for hydroxylation is 2. The molecule has 116 valence electrons. The molecule has 23 heavy (non-hydrogen) atoms. The van der Waals surface area contributed by atoms with E-state index in [1.54, 1.807) is 30.3 Å². The highest BCUT2D eigenvalue weighted by atomic mass is 35.5. The van der Waals surface area contributed by atoms with Gasteiger partial charge in [-0.05, 0) is 49.5 Å². The zero-order valence-electron chi connectivity index (χ0n) is 12.3. The molecule has 0 unspecified atom stereocenters. The van der Waals surface area contributed by atoms with Crippen molar-refractivity contribution in [3.05, 3.63) is 51.0 Å². The Morgan fingerprint density at radius 3 is 2.74 bits per heavy atom. The Bertz CT molecular complexity index is 779. The maximum absolute atomic E-state index is 12.3. The van der Waals surface area contributed by atoms with Crippen LogP contribution in [0.1, 0.15) is 29.0 Å². The number of hydrogen-bond donors (Lipinski definition) is 1. The van der Waals surface area contributed by atoms with Gasteiger partial charge in [-0.1, -0.05) is 23.7 Å². The molecule has 1 aromatic heterocycles. The van der Waals surface area contributed by atoms with Gasteiger partial charge >= 0.3 is 0 Å². The summed E-state index contributed by atoms with van der Waals surface area (Å²) in [5, 5.41) is 13.1. The van der Waals surface area contributed by atoms with E-state index in [-0.39, 0.29) is 5.57 Å². The highest BCUT2D eigenvalue weighted by molar-refractivity contribution is 7.15. The molecular weight excluding hydrogens is 330 g/mol. The third kappa shape index (κ3) is 3.79. The Morgan fingerprint density at radius 1 is 1.30 bits per heavy atom. The van der Waals surface area contributed by atoms with Crippen LogP contribution in [0.4, 0.5) is 5.13 Å². The molecule has 0 bridgehead atoms. The van der Waals surface area contributed by atoms with Crippen molar-refractivity contribution in [3.63, 3.8) is 0 Å². The Labute approximate surface area is 143 Å². The number of benzene rings is 1. The predicted molar refractivity (Wildman–Crippen MR) is 92.4 cm³/mol. The normalized spacial score (nSPS) is 14.0. The van der Waals surface area contributed by atoms with Crippen LogP contribution in [0, 0.1) is 11.3 Å². The molecule has 3 rings (SSSR count). The van der Waals surface area contributed by atoms with Gasteiger partial charge in [0.15, 0.2) is 5.13 Å². The maximum Gasteiger partial charge on any atom is 0.268 e. The number of nitrogens with zero attached hydrogens (tertiary/aromatic N) is 2. The Hall–Kier alpha value is -2.16. The number of anilines is 1. The first-order valence-electron chi connectivity index (χ1n) is 7.33. The molecule has 1 aliphatic carbocycles. The molecule has 0 saturated carbocycles. The Kier molecular flexibility index (Phi) is 4.75. The van der Waals surface area contributed by atoms with Gasteiger partial charge in [0, 0.05) is 9.90 Å². The lowest BCUT2D eigenvalue weighted by Gasteiger charge is -2.06. The fraction of sp³-hybridized carbons (Fsp3) is 0.235. The zero-order valence-corrected chi connectivity index (χ0v) is 13.9. The standard InChI is InChI=1S/C17H14ClN3OS/c18-13-7-5-11(6-8-13)9-12(10-19)16(22)21-17-20-14-3-1-2-4-15(14)23-17/h5-9H,1-4H2,(H,20,21,22)/b12-9+. The van der Waals surface area contributed by atoms with Crippen LogP contribution in [0.25, 0.3) is 6.08 Å². The van der Waals surface area contributed by atoms with E-state index in [1.807, 2.05) is 6.07 Å². The summed E-state index contributed by atoms with van der Waals surface area (Å²) in [6.07, 6.45) is 5.84. The van der Waals surface area contributed by atoms with E-state index in [2.05, 4.69) is 10.3 Å². The van der Waals surface area contributed by atoms with Gasteiger partial charge in [-0.15, -0.1) is 11.3 Å². The summed E-state index contributed by atoms with van der Waals surface area (Å²) in [6.45, 7) is 0. The van der Waals surface area contributed by atoms with Crippen molar-refractivity contribution in [2.24, 2.45) is 0 Å². The highest BCUT2D eigenvalue weighted by Crippen LogP contribution is 2.29. The number of nitrogens with one attached hydrogen (secondary N) is 1. The quantitative estimate of drug-likeness (QED) is 0.670. The fourth-order valence-electron chi connectivity index (χ4n) is 2.44. The molecule has 0 aliphatic heterocycles. The third-order valence-electron chi connectivity index (χ3n) is 3.61. The Balaban J connectivity index is 1.76. The lowest BCUT2D eigenvalue weighted by atomic mass is 10.0. The minimum Gasteiger partial charge on any atom is -0.297 e. The Morgan fingerprint density at radius 2 is 2.04 bits per heavy atom. The van der Waals surface area contributed by atoms with Crippen LogP contribution in [-0.2, 0) is 17.6 Å². The van der Waals surface area contributed by atoms with Crippen LogP contribution in [0.2, 0.25) is 5.02 Å². The van der Waals surface area contributed by atoms with Gasteiger partial charge in [-0.2, -0.15) is 5.26 Å².